The van der Waals surface area contributed by atoms with E-state index < -0.39 is 0 Å². The van der Waals surface area contributed by atoms with Crippen molar-refractivity contribution in [1.82, 2.24) is 10.3 Å². The maximum absolute atomic E-state index is 12.1. The van der Waals surface area contributed by atoms with E-state index in [-0.39, 0.29) is 17.7 Å². The molecule has 3 rings (SSSR count). The highest BCUT2D eigenvalue weighted by atomic mass is 35.5. The summed E-state index contributed by atoms with van der Waals surface area (Å²) in [7, 11) is 0. The van der Waals surface area contributed by atoms with Crippen LogP contribution in [0.5, 0.6) is 0 Å². The number of amides is 1. The van der Waals surface area contributed by atoms with Crippen LogP contribution in [-0.4, -0.2) is 16.6 Å². The number of thioether (sulfide) groups is 1. The number of carbonyl (C=O) groups is 1. The molecule has 0 aliphatic heterocycles. The summed E-state index contributed by atoms with van der Waals surface area (Å²) in [6, 6.07) is 12.5. The van der Waals surface area contributed by atoms with Gasteiger partial charge in [-0.05, 0) is 42.8 Å². The first-order valence-electron chi connectivity index (χ1n) is 7.25. The van der Waals surface area contributed by atoms with Gasteiger partial charge in [0.1, 0.15) is 5.52 Å². The van der Waals surface area contributed by atoms with Crippen molar-refractivity contribution in [2.45, 2.75) is 18.2 Å². The van der Waals surface area contributed by atoms with Crippen LogP contribution >= 0.6 is 35.0 Å². The van der Waals surface area contributed by atoms with Crippen LogP contribution < -0.4 is 5.32 Å². The summed E-state index contributed by atoms with van der Waals surface area (Å²) in [4.78, 5) is 16.4. The Balaban J connectivity index is 1.57. The Bertz CT molecular complexity index is 865. The van der Waals surface area contributed by atoms with Crippen molar-refractivity contribution in [3.8, 4) is 0 Å². The van der Waals surface area contributed by atoms with E-state index in [1.165, 1.54) is 11.8 Å². The van der Waals surface area contributed by atoms with Crippen molar-refractivity contribution in [3.63, 3.8) is 0 Å². The summed E-state index contributed by atoms with van der Waals surface area (Å²) in [5.74, 6) is 0.126. The molecule has 0 saturated heterocycles. The molecule has 1 atom stereocenters. The molecule has 0 aliphatic rings. The molecule has 1 amide bonds. The molecule has 2 aromatic carbocycles. The summed E-state index contributed by atoms with van der Waals surface area (Å²) in [6.45, 7) is 1.92. The minimum Gasteiger partial charge on any atom is -0.431 e. The van der Waals surface area contributed by atoms with E-state index in [1.807, 2.05) is 19.1 Å². The topological polar surface area (TPSA) is 55.1 Å². The largest absolute Gasteiger partial charge is 0.431 e. The Kier molecular flexibility index (Phi) is 5.33. The Hall–Kier alpha value is -1.69. The number of rotatable bonds is 5. The van der Waals surface area contributed by atoms with Gasteiger partial charge < -0.3 is 9.73 Å². The summed E-state index contributed by atoms with van der Waals surface area (Å²) in [5, 5.41) is 4.65. The maximum Gasteiger partial charge on any atom is 0.257 e. The van der Waals surface area contributed by atoms with Crippen LogP contribution in [0.25, 0.3) is 11.1 Å². The zero-order valence-corrected chi connectivity index (χ0v) is 15.1. The summed E-state index contributed by atoms with van der Waals surface area (Å²) >= 11 is 13.0. The monoisotopic (exact) mass is 380 g/mol. The summed E-state index contributed by atoms with van der Waals surface area (Å²) in [6.07, 6.45) is 0. The molecule has 7 heteroatoms. The van der Waals surface area contributed by atoms with Crippen LogP contribution in [-0.2, 0) is 4.79 Å². The van der Waals surface area contributed by atoms with Crippen LogP contribution in [0.4, 0.5) is 0 Å². The first-order chi connectivity index (χ1) is 11.5. The van der Waals surface area contributed by atoms with Gasteiger partial charge in [-0.2, -0.15) is 0 Å². The van der Waals surface area contributed by atoms with Gasteiger partial charge in [-0.25, -0.2) is 4.98 Å². The number of hydrogen-bond acceptors (Lipinski definition) is 4. The molecule has 1 N–H and O–H groups in total. The summed E-state index contributed by atoms with van der Waals surface area (Å²) < 4.78 is 5.57. The van der Waals surface area contributed by atoms with Crippen molar-refractivity contribution < 1.29 is 9.21 Å². The number of halogens is 2. The smallest absolute Gasteiger partial charge is 0.257 e. The number of carbonyl (C=O) groups excluding carboxylic acids is 1. The molecule has 24 heavy (non-hydrogen) atoms. The van der Waals surface area contributed by atoms with Gasteiger partial charge in [0.2, 0.25) is 5.91 Å². The number of oxazole rings is 1. The van der Waals surface area contributed by atoms with Crippen LogP contribution in [0.1, 0.15) is 18.5 Å². The Morgan fingerprint density at radius 3 is 2.67 bits per heavy atom. The van der Waals surface area contributed by atoms with Crippen molar-refractivity contribution >= 4 is 52.0 Å². The molecule has 1 heterocycles. The van der Waals surface area contributed by atoms with Crippen LogP contribution in [0.2, 0.25) is 10.0 Å². The Labute approximate surface area is 153 Å². The fourth-order valence-corrected chi connectivity index (χ4v) is 3.13. The molecule has 0 saturated carbocycles. The number of hydrogen-bond donors (Lipinski definition) is 1. The second kappa shape index (κ2) is 7.47. The number of aromatic nitrogens is 1. The molecule has 3 aromatic rings. The molecule has 0 bridgehead atoms. The molecule has 0 spiro atoms. The van der Waals surface area contributed by atoms with Crippen molar-refractivity contribution in [2.75, 3.05) is 5.75 Å². The Morgan fingerprint density at radius 1 is 1.21 bits per heavy atom. The van der Waals surface area contributed by atoms with E-state index in [4.69, 9.17) is 27.6 Å². The minimum atomic E-state index is -0.0993. The lowest BCUT2D eigenvalue weighted by Gasteiger charge is -2.13. The van der Waals surface area contributed by atoms with E-state index in [0.29, 0.717) is 26.4 Å². The van der Waals surface area contributed by atoms with Crippen LogP contribution in [0, 0.1) is 0 Å². The van der Waals surface area contributed by atoms with Gasteiger partial charge in [0, 0.05) is 10.0 Å². The molecule has 124 valence electrons. The number of nitrogens with one attached hydrogen (secondary N) is 1. The van der Waals surface area contributed by atoms with Crippen molar-refractivity contribution in [2.24, 2.45) is 0 Å². The molecule has 1 aromatic heterocycles. The average molecular weight is 381 g/mol. The standard InChI is InChI=1S/C17H14Cl2N2O2S/c1-10(11-2-4-12(18)5-3-11)20-16(22)9-24-17-21-14-8-13(19)6-7-15(14)23-17/h2-8,10H,9H2,1H3,(H,20,22). The summed E-state index contributed by atoms with van der Waals surface area (Å²) in [5.41, 5.74) is 2.33. The van der Waals surface area contributed by atoms with E-state index >= 15 is 0 Å². The molecule has 0 fully saturated rings. The lowest BCUT2D eigenvalue weighted by Crippen LogP contribution is -2.28. The van der Waals surface area contributed by atoms with E-state index in [9.17, 15) is 4.79 Å². The maximum atomic E-state index is 12.1. The van der Waals surface area contributed by atoms with Gasteiger partial charge in [0.05, 0.1) is 11.8 Å². The number of nitrogens with zero attached hydrogens (tertiary/aromatic N) is 1. The zero-order valence-electron chi connectivity index (χ0n) is 12.8. The van der Waals surface area contributed by atoms with Gasteiger partial charge >= 0.3 is 0 Å². The van der Waals surface area contributed by atoms with E-state index in [0.717, 1.165) is 5.56 Å². The predicted molar refractivity (Wildman–Crippen MR) is 97.8 cm³/mol. The molecule has 1 unspecified atom stereocenters. The highest BCUT2D eigenvalue weighted by Crippen LogP contribution is 2.25. The predicted octanol–water partition coefficient (Wildman–Crippen LogP) is 5.10. The average Bonchev–Trinajstić information content (AvgIpc) is 2.95. The number of benzene rings is 2. The number of fused-ring (bicyclic) bond motifs is 1. The lowest BCUT2D eigenvalue weighted by molar-refractivity contribution is -0.119. The highest BCUT2D eigenvalue weighted by Gasteiger charge is 2.12. The molecule has 0 radical (unpaired) electrons. The molecule has 4 nitrogen and oxygen atoms in total. The lowest BCUT2D eigenvalue weighted by atomic mass is 10.1. The van der Waals surface area contributed by atoms with Crippen LogP contribution in [0.3, 0.4) is 0 Å². The van der Waals surface area contributed by atoms with Crippen LogP contribution in [0.15, 0.2) is 52.1 Å². The van der Waals surface area contributed by atoms with Gasteiger partial charge in [-0.3, -0.25) is 4.79 Å². The molecular weight excluding hydrogens is 367 g/mol. The minimum absolute atomic E-state index is 0.0947. The highest BCUT2D eigenvalue weighted by molar-refractivity contribution is 7.99. The molecular formula is C17H14Cl2N2O2S. The fraction of sp³-hybridized carbons (Fsp3) is 0.176. The first kappa shape index (κ1) is 17.1. The quantitative estimate of drug-likeness (QED) is 0.625. The Morgan fingerprint density at radius 2 is 1.92 bits per heavy atom. The van der Waals surface area contributed by atoms with Gasteiger partial charge in [0.15, 0.2) is 5.58 Å². The van der Waals surface area contributed by atoms with Crippen molar-refractivity contribution in [1.29, 1.82) is 0 Å². The van der Waals surface area contributed by atoms with E-state index in [1.54, 1.807) is 30.3 Å². The third kappa shape index (κ3) is 4.23. The van der Waals surface area contributed by atoms with Crippen molar-refractivity contribution in [3.05, 3.63) is 58.1 Å². The van der Waals surface area contributed by atoms with Gasteiger partial charge in [-0.15, -0.1) is 0 Å². The fourth-order valence-electron chi connectivity index (χ4n) is 2.19. The molecule has 0 aliphatic carbocycles. The zero-order chi connectivity index (χ0) is 17.1. The first-order valence-corrected chi connectivity index (χ1v) is 8.99. The second-order valence-electron chi connectivity index (χ2n) is 5.22. The van der Waals surface area contributed by atoms with E-state index in [2.05, 4.69) is 10.3 Å². The van der Waals surface area contributed by atoms with Gasteiger partial charge in [-0.1, -0.05) is 47.1 Å². The third-order valence-corrected chi connectivity index (χ3v) is 4.72. The van der Waals surface area contributed by atoms with Gasteiger partial charge in [0.25, 0.3) is 5.22 Å². The normalized spacial score (nSPS) is 12.3. The third-order valence-electron chi connectivity index (χ3n) is 3.40. The SMILES string of the molecule is CC(NC(=O)CSc1nc2cc(Cl)ccc2o1)c1ccc(Cl)cc1. The second-order valence-corrected chi connectivity index (χ2v) is 7.02.